The van der Waals surface area contributed by atoms with Gasteiger partial charge in [0, 0.05) is 45.7 Å². The van der Waals surface area contributed by atoms with Gasteiger partial charge in [-0.15, -0.1) is 6.58 Å². The van der Waals surface area contributed by atoms with Crippen LogP contribution in [0.4, 0.5) is 0 Å². The number of furan rings is 1. The van der Waals surface area contributed by atoms with Crippen LogP contribution in [0.1, 0.15) is 52.4 Å². The van der Waals surface area contributed by atoms with Crippen molar-refractivity contribution in [3.8, 4) is 5.75 Å². The molecule has 5 rings (SSSR count). The monoisotopic (exact) mass is 513 g/mol. The summed E-state index contributed by atoms with van der Waals surface area (Å²) in [7, 11) is 0. The Hall–Kier alpha value is -3.84. The van der Waals surface area contributed by atoms with E-state index in [0.717, 1.165) is 37.2 Å². The number of hydrogen-bond donors (Lipinski definition) is 0. The molecular weight excluding hydrogens is 478 g/mol. The fourth-order valence-electron chi connectivity index (χ4n) is 5.35. The Morgan fingerprint density at radius 3 is 2.55 bits per heavy atom. The predicted octanol–water partition coefficient (Wildman–Crippen LogP) is 4.69. The number of amides is 2. The van der Waals surface area contributed by atoms with Gasteiger partial charge in [0.1, 0.15) is 18.1 Å². The van der Waals surface area contributed by atoms with Crippen molar-refractivity contribution in [3.05, 3.63) is 102 Å². The number of carbonyl (C=O) groups is 2. The first-order valence-corrected chi connectivity index (χ1v) is 13.4. The Balaban J connectivity index is 1.28. The van der Waals surface area contributed by atoms with Crippen LogP contribution in [0.3, 0.4) is 0 Å². The zero-order valence-corrected chi connectivity index (χ0v) is 22.0. The molecule has 2 aliphatic rings. The molecule has 0 radical (unpaired) electrons. The Morgan fingerprint density at radius 1 is 1.03 bits per heavy atom. The standard InChI is InChI=1S/C31H35N3O4/c1-3-15-32-17-19-33(20-18-32)31(36)28-13-12-26(38-28)22-37-25-11-10-23-14-16-34(29(35)4-2)30(27(23)21-25)24-8-6-5-7-9-24/h3,5-13,21,30H,1,4,14-20,22H2,2H3. The van der Waals surface area contributed by atoms with E-state index in [4.69, 9.17) is 9.15 Å². The lowest BCUT2D eigenvalue weighted by molar-refractivity contribution is -0.132. The highest BCUT2D eigenvalue weighted by Crippen LogP contribution is 2.37. The van der Waals surface area contributed by atoms with Crippen molar-refractivity contribution in [3.63, 3.8) is 0 Å². The summed E-state index contributed by atoms with van der Waals surface area (Å²) in [5, 5.41) is 0. The quantitative estimate of drug-likeness (QED) is 0.409. The van der Waals surface area contributed by atoms with Gasteiger partial charge in [0.25, 0.3) is 5.91 Å². The summed E-state index contributed by atoms with van der Waals surface area (Å²) in [6.07, 6.45) is 3.18. The summed E-state index contributed by atoms with van der Waals surface area (Å²) in [5.74, 6) is 1.70. The van der Waals surface area contributed by atoms with Crippen LogP contribution in [-0.4, -0.2) is 65.8 Å². The van der Waals surface area contributed by atoms with Gasteiger partial charge < -0.3 is 19.0 Å². The second-order valence-corrected chi connectivity index (χ2v) is 9.80. The highest BCUT2D eigenvalue weighted by molar-refractivity contribution is 5.91. The van der Waals surface area contributed by atoms with Crippen molar-refractivity contribution in [2.75, 3.05) is 39.3 Å². The number of nitrogens with zero attached hydrogens (tertiary/aromatic N) is 3. The molecule has 3 heterocycles. The van der Waals surface area contributed by atoms with Crippen molar-refractivity contribution in [1.29, 1.82) is 0 Å². The molecule has 1 unspecified atom stereocenters. The molecule has 0 bridgehead atoms. The molecule has 0 N–H and O–H groups in total. The molecule has 38 heavy (non-hydrogen) atoms. The molecule has 0 saturated carbocycles. The average molecular weight is 514 g/mol. The third-order valence-corrected chi connectivity index (χ3v) is 7.38. The van der Waals surface area contributed by atoms with Gasteiger partial charge in [-0.05, 0) is 47.4 Å². The highest BCUT2D eigenvalue weighted by atomic mass is 16.5. The van der Waals surface area contributed by atoms with Crippen molar-refractivity contribution < 1.29 is 18.7 Å². The molecule has 1 aromatic heterocycles. The number of rotatable bonds is 8. The van der Waals surface area contributed by atoms with E-state index in [2.05, 4.69) is 29.7 Å². The lowest BCUT2D eigenvalue weighted by Gasteiger charge is -2.38. The summed E-state index contributed by atoms with van der Waals surface area (Å²) >= 11 is 0. The maximum Gasteiger partial charge on any atom is 0.289 e. The molecule has 2 aromatic carbocycles. The normalized spacial score (nSPS) is 17.7. The molecule has 0 aliphatic carbocycles. The Bertz CT molecular complexity index is 1280. The van der Waals surface area contributed by atoms with Gasteiger partial charge in [0.2, 0.25) is 5.91 Å². The van der Waals surface area contributed by atoms with E-state index in [1.165, 1.54) is 5.56 Å². The SMILES string of the molecule is C=CCN1CCN(C(=O)c2ccc(COc3ccc4c(c3)C(c3ccccc3)N(C(=O)CC)CC4)o2)CC1. The molecule has 2 amide bonds. The van der Waals surface area contributed by atoms with Gasteiger partial charge in [0.05, 0.1) is 6.04 Å². The van der Waals surface area contributed by atoms with E-state index in [1.807, 2.05) is 53.1 Å². The first kappa shape index (κ1) is 25.8. The third kappa shape index (κ3) is 5.53. The topological polar surface area (TPSA) is 66.2 Å². The van der Waals surface area contributed by atoms with Crippen molar-refractivity contribution in [2.45, 2.75) is 32.4 Å². The number of benzene rings is 2. The average Bonchev–Trinajstić information content (AvgIpc) is 3.44. The minimum atomic E-state index is -0.143. The van der Waals surface area contributed by atoms with E-state index in [1.54, 1.807) is 12.1 Å². The van der Waals surface area contributed by atoms with E-state index >= 15 is 0 Å². The minimum Gasteiger partial charge on any atom is -0.486 e. The number of hydrogen-bond acceptors (Lipinski definition) is 5. The van der Waals surface area contributed by atoms with Crippen LogP contribution in [0, 0.1) is 0 Å². The van der Waals surface area contributed by atoms with Crippen LogP contribution in [0.25, 0.3) is 0 Å². The number of fused-ring (bicyclic) bond motifs is 1. The molecule has 0 spiro atoms. The fraction of sp³-hybridized carbons (Fsp3) is 0.355. The molecule has 1 saturated heterocycles. The largest absolute Gasteiger partial charge is 0.486 e. The third-order valence-electron chi connectivity index (χ3n) is 7.38. The van der Waals surface area contributed by atoms with Crippen LogP contribution in [0.5, 0.6) is 5.75 Å². The van der Waals surface area contributed by atoms with E-state index in [0.29, 0.717) is 43.3 Å². The van der Waals surface area contributed by atoms with Gasteiger partial charge in [-0.25, -0.2) is 0 Å². The molecule has 1 fully saturated rings. The molecule has 2 aliphatic heterocycles. The molecule has 198 valence electrons. The Kier molecular flexibility index (Phi) is 7.94. The van der Waals surface area contributed by atoms with Gasteiger partial charge in [0.15, 0.2) is 5.76 Å². The fourth-order valence-corrected chi connectivity index (χ4v) is 5.35. The number of carbonyl (C=O) groups excluding carboxylic acids is 2. The maximum atomic E-state index is 12.9. The van der Waals surface area contributed by atoms with Crippen LogP contribution in [-0.2, 0) is 17.8 Å². The van der Waals surface area contributed by atoms with Gasteiger partial charge in [-0.1, -0.05) is 49.4 Å². The summed E-state index contributed by atoms with van der Waals surface area (Å²) in [6.45, 7) is 10.5. The van der Waals surface area contributed by atoms with Crippen LogP contribution in [0.15, 0.2) is 77.7 Å². The zero-order valence-electron chi connectivity index (χ0n) is 22.0. The van der Waals surface area contributed by atoms with Crippen molar-refractivity contribution >= 4 is 11.8 Å². The van der Waals surface area contributed by atoms with Crippen molar-refractivity contribution in [1.82, 2.24) is 14.7 Å². The van der Waals surface area contributed by atoms with Crippen LogP contribution in [0.2, 0.25) is 0 Å². The number of ether oxygens (including phenoxy) is 1. The Morgan fingerprint density at radius 2 is 1.82 bits per heavy atom. The van der Waals surface area contributed by atoms with E-state index in [-0.39, 0.29) is 24.5 Å². The second-order valence-electron chi connectivity index (χ2n) is 9.80. The predicted molar refractivity (Wildman–Crippen MR) is 146 cm³/mol. The van der Waals surface area contributed by atoms with Gasteiger partial charge in [-0.3, -0.25) is 14.5 Å². The highest BCUT2D eigenvalue weighted by Gasteiger charge is 2.31. The van der Waals surface area contributed by atoms with Gasteiger partial charge >= 0.3 is 0 Å². The maximum absolute atomic E-state index is 12.9. The molecular formula is C31H35N3O4. The summed E-state index contributed by atoms with van der Waals surface area (Å²) in [5.41, 5.74) is 3.41. The number of piperazine rings is 1. The molecule has 7 heteroatoms. The second kappa shape index (κ2) is 11.7. The van der Waals surface area contributed by atoms with Crippen molar-refractivity contribution in [2.24, 2.45) is 0 Å². The smallest absolute Gasteiger partial charge is 0.289 e. The van der Waals surface area contributed by atoms with E-state index < -0.39 is 0 Å². The summed E-state index contributed by atoms with van der Waals surface area (Å²) in [4.78, 5) is 31.8. The van der Waals surface area contributed by atoms with Crippen LogP contribution < -0.4 is 4.74 Å². The summed E-state index contributed by atoms with van der Waals surface area (Å²) < 4.78 is 12.0. The zero-order chi connectivity index (χ0) is 26.5. The summed E-state index contributed by atoms with van der Waals surface area (Å²) in [6, 6.07) is 19.6. The molecule has 1 atom stereocenters. The first-order valence-electron chi connectivity index (χ1n) is 13.4. The van der Waals surface area contributed by atoms with E-state index in [9.17, 15) is 9.59 Å². The van der Waals surface area contributed by atoms with Crippen LogP contribution >= 0.6 is 0 Å². The first-order chi connectivity index (χ1) is 18.6. The lowest BCUT2D eigenvalue weighted by Crippen LogP contribution is -2.48. The molecule has 7 nitrogen and oxygen atoms in total. The molecule has 3 aromatic rings. The Labute approximate surface area is 224 Å². The minimum absolute atomic E-state index is 0.0883. The lowest BCUT2D eigenvalue weighted by atomic mass is 9.87. The van der Waals surface area contributed by atoms with Gasteiger partial charge in [-0.2, -0.15) is 0 Å².